The Kier molecular flexibility index (Phi) is 2.01. The highest BCUT2D eigenvalue weighted by molar-refractivity contribution is 5.05. The minimum absolute atomic E-state index is 0.0370. The predicted octanol–water partition coefficient (Wildman–Crippen LogP) is 1.71. The second kappa shape index (κ2) is 2.46. The molecule has 1 rings (SSSR count). The molecule has 0 amide bonds. The van der Waals surface area contributed by atoms with Crippen molar-refractivity contribution in [2.45, 2.75) is 57.8 Å². The van der Waals surface area contributed by atoms with Crippen molar-refractivity contribution in [1.29, 1.82) is 0 Å². The van der Waals surface area contributed by atoms with Crippen LogP contribution in [0.25, 0.3) is 0 Å². The maximum atomic E-state index is 9.86. The van der Waals surface area contributed by atoms with Crippen molar-refractivity contribution in [3.8, 4) is 0 Å². The number of epoxide rings is 1. The van der Waals surface area contributed by atoms with Gasteiger partial charge in [0.2, 0.25) is 0 Å². The summed E-state index contributed by atoms with van der Waals surface area (Å²) in [4.78, 5) is 0. The maximum Gasteiger partial charge on any atom is 0.115 e. The number of ether oxygens (including phenoxy) is 1. The van der Waals surface area contributed by atoms with Crippen molar-refractivity contribution in [3.63, 3.8) is 0 Å². The topological polar surface area (TPSA) is 32.8 Å². The highest BCUT2D eigenvalue weighted by Gasteiger charge is 2.57. The lowest BCUT2D eigenvalue weighted by molar-refractivity contribution is 0.0208. The van der Waals surface area contributed by atoms with Crippen LogP contribution in [0.4, 0.5) is 0 Å². The molecule has 1 saturated heterocycles. The Bertz CT molecular complexity index is 150. The Morgan fingerprint density at radius 2 is 2.00 bits per heavy atom. The molecule has 1 N–H and O–H groups in total. The average molecular weight is 158 g/mol. The van der Waals surface area contributed by atoms with Crippen molar-refractivity contribution in [2.24, 2.45) is 0 Å². The van der Waals surface area contributed by atoms with Crippen LogP contribution >= 0.6 is 0 Å². The summed E-state index contributed by atoms with van der Waals surface area (Å²) >= 11 is 0. The molecule has 2 nitrogen and oxygen atoms in total. The highest BCUT2D eigenvalue weighted by atomic mass is 16.6. The van der Waals surface area contributed by atoms with Crippen molar-refractivity contribution < 1.29 is 9.84 Å². The zero-order valence-electron chi connectivity index (χ0n) is 7.85. The fourth-order valence-corrected chi connectivity index (χ4v) is 1.78. The molecule has 0 radical (unpaired) electrons. The van der Waals surface area contributed by atoms with Gasteiger partial charge in [-0.15, -0.1) is 0 Å². The smallest absolute Gasteiger partial charge is 0.115 e. The largest absolute Gasteiger partial charge is 0.387 e. The second-order valence-corrected chi connectivity index (χ2v) is 4.21. The summed E-state index contributed by atoms with van der Waals surface area (Å²) in [6, 6.07) is 0. The minimum atomic E-state index is -0.627. The summed E-state index contributed by atoms with van der Waals surface area (Å²) in [5, 5.41) is 9.86. The maximum absolute atomic E-state index is 9.86. The number of hydrogen-bond acceptors (Lipinski definition) is 2. The van der Waals surface area contributed by atoms with E-state index in [0.717, 1.165) is 12.8 Å². The third-order valence-corrected chi connectivity index (χ3v) is 2.32. The van der Waals surface area contributed by atoms with E-state index in [4.69, 9.17) is 4.74 Å². The van der Waals surface area contributed by atoms with Crippen LogP contribution in [0.2, 0.25) is 0 Å². The molecule has 0 aromatic heterocycles. The Morgan fingerprint density at radius 1 is 1.55 bits per heavy atom. The zero-order chi connectivity index (χ0) is 8.70. The van der Waals surface area contributed by atoms with Gasteiger partial charge in [-0.3, -0.25) is 0 Å². The quantitative estimate of drug-likeness (QED) is 0.634. The van der Waals surface area contributed by atoms with Crippen LogP contribution in [0.15, 0.2) is 0 Å². The van der Waals surface area contributed by atoms with E-state index in [1.165, 1.54) is 0 Å². The Labute approximate surface area is 68.6 Å². The predicted molar refractivity (Wildman–Crippen MR) is 44.5 cm³/mol. The molecule has 0 spiro atoms. The van der Waals surface area contributed by atoms with Crippen LogP contribution < -0.4 is 0 Å². The summed E-state index contributed by atoms with van der Waals surface area (Å²) in [6.07, 6.45) is 1.86. The van der Waals surface area contributed by atoms with E-state index in [9.17, 15) is 5.11 Å². The van der Waals surface area contributed by atoms with E-state index < -0.39 is 5.60 Å². The molecule has 0 aliphatic carbocycles. The van der Waals surface area contributed by atoms with Gasteiger partial charge in [-0.05, 0) is 27.2 Å². The van der Waals surface area contributed by atoms with Crippen LogP contribution in [-0.4, -0.2) is 22.4 Å². The summed E-state index contributed by atoms with van der Waals surface area (Å²) in [6.45, 7) is 7.96. The van der Waals surface area contributed by atoms with Gasteiger partial charge < -0.3 is 9.84 Å². The van der Waals surface area contributed by atoms with Crippen LogP contribution in [0.5, 0.6) is 0 Å². The number of hydrogen-bond donors (Lipinski definition) is 1. The molecule has 1 aliphatic rings. The van der Waals surface area contributed by atoms with E-state index in [1.807, 2.05) is 20.8 Å². The molecular weight excluding hydrogens is 140 g/mol. The third-order valence-electron chi connectivity index (χ3n) is 2.32. The molecule has 0 saturated carbocycles. The van der Waals surface area contributed by atoms with E-state index in [0.29, 0.717) is 0 Å². The number of aliphatic hydroxyl groups is 1. The first-order valence-electron chi connectivity index (χ1n) is 4.30. The van der Waals surface area contributed by atoms with Crippen LogP contribution in [0, 0.1) is 0 Å². The first-order valence-corrected chi connectivity index (χ1v) is 4.30. The van der Waals surface area contributed by atoms with Crippen molar-refractivity contribution in [1.82, 2.24) is 0 Å². The summed E-state index contributed by atoms with van der Waals surface area (Å²) in [5.74, 6) is 0. The van der Waals surface area contributed by atoms with Gasteiger partial charge in [-0.25, -0.2) is 0 Å². The number of rotatable bonds is 3. The van der Waals surface area contributed by atoms with Crippen molar-refractivity contribution >= 4 is 0 Å². The first-order chi connectivity index (χ1) is 4.90. The summed E-state index contributed by atoms with van der Waals surface area (Å²) in [5.41, 5.74) is -0.725. The SMILES string of the molecule is CCCC(C)(O)C1OC1(C)C. The molecule has 2 atom stereocenters. The van der Waals surface area contributed by atoms with Crippen LogP contribution in [0.1, 0.15) is 40.5 Å². The average Bonchev–Trinajstić information content (AvgIpc) is 2.41. The van der Waals surface area contributed by atoms with Crippen molar-refractivity contribution in [3.05, 3.63) is 0 Å². The first kappa shape index (κ1) is 9.01. The monoisotopic (exact) mass is 158 g/mol. The van der Waals surface area contributed by atoms with E-state index in [-0.39, 0.29) is 11.7 Å². The molecule has 2 unspecified atom stereocenters. The lowest BCUT2D eigenvalue weighted by atomic mass is 9.90. The van der Waals surface area contributed by atoms with Crippen molar-refractivity contribution in [2.75, 3.05) is 0 Å². The van der Waals surface area contributed by atoms with Gasteiger partial charge in [0.05, 0.1) is 11.2 Å². The van der Waals surface area contributed by atoms with E-state index in [2.05, 4.69) is 6.92 Å². The van der Waals surface area contributed by atoms with Gasteiger partial charge in [0, 0.05) is 0 Å². The van der Waals surface area contributed by atoms with Crippen LogP contribution in [-0.2, 0) is 4.74 Å². The Morgan fingerprint density at radius 3 is 2.27 bits per heavy atom. The molecular formula is C9H18O2. The zero-order valence-corrected chi connectivity index (χ0v) is 7.85. The van der Waals surface area contributed by atoms with Gasteiger partial charge in [0.25, 0.3) is 0 Å². The molecule has 0 aromatic rings. The fourth-order valence-electron chi connectivity index (χ4n) is 1.78. The third kappa shape index (κ3) is 1.74. The van der Waals surface area contributed by atoms with E-state index >= 15 is 0 Å². The molecule has 0 bridgehead atoms. The Balaban J connectivity index is 2.48. The Hall–Kier alpha value is -0.0800. The molecule has 11 heavy (non-hydrogen) atoms. The van der Waals surface area contributed by atoms with Gasteiger partial charge in [0.15, 0.2) is 0 Å². The minimum Gasteiger partial charge on any atom is -0.387 e. The molecule has 1 aliphatic heterocycles. The molecule has 66 valence electrons. The van der Waals surface area contributed by atoms with Gasteiger partial charge >= 0.3 is 0 Å². The van der Waals surface area contributed by atoms with Gasteiger partial charge in [0.1, 0.15) is 6.10 Å². The van der Waals surface area contributed by atoms with Gasteiger partial charge in [-0.1, -0.05) is 13.3 Å². The lowest BCUT2D eigenvalue weighted by Gasteiger charge is -2.20. The summed E-state index contributed by atoms with van der Waals surface area (Å²) < 4.78 is 5.37. The summed E-state index contributed by atoms with van der Waals surface area (Å²) in [7, 11) is 0. The fraction of sp³-hybridized carbons (Fsp3) is 1.00. The molecule has 0 aromatic carbocycles. The second-order valence-electron chi connectivity index (χ2n) is 4.21. The van der Waals surface area contributed by atoms with E-state index in [1.54, 1.807) is 0 Å². The highest BCUT2D eigenvalue weighted by Crippen LogP contribution is 2.44. The lowest BCUT2D eigenvalue weighted by Crippen LogP contribution is -2.34. The standard InChI is InChI=1S/C9H18O2/c1-5-6-9(4,10)7-8(2,3)11-7/h7,10H,5-6H2,1-4H3. The molecule has 1 fully saturated rings. The van der Waals surface area contributed by atoms with Gasteiger partial charge in [-0.2, -0.15) is 0 Å². The molecule has 1 heterocycles. The molecule has 2 heteroatoms. The normalized spacial score (nSPS) is 33.0. The van der Waals surface area contributed by atoms with Crippen LogP contribution in [0.3, 0.4) is 0 Å².